The van der Waals surface area contributed by atoms with Gasteiger partial charge in [0.2, 0.25) is 0 Å². The third kappa shape index (κ3) is 9.00. The molecule has 0 unspecified atom stereocenters. The molecule has 0 amide bonds. The summed E-state index contributed by atoms with van der Waals surface area (Å²) in [4.78, 5) is 0. The quantitative estimate of drug-likeness (QED) is 0.554. The van der Waals surface area contributed by atoms with E-state index in [0.29, 0.717) is 0 Å². The van der Waals surface area contributed by atoms with Crippen molar-refractivity contribution in [3.05, 3.63) is 35.4 Å². The minimum absolute atomic E-state index is 1.14. The van der Waals surface area contributed by atoms with Crippen molar-refractivity contribution in [3.63, 3.8) is 0 Å². The highest BCUT2D eigenvalue weighted by molar-refractivity contribution is 15.0. The van der Waals surface area contributed by atoms with Crippen molar-refractivity contribution in [2.45, 2.75) is 34.1 Å². The highest BCUT2D eigenvalue weighted by Crippen LogP contribution is 2.02. The molecule has 0 aliphatic heterocycles. The molecule has 0 saturated heterocycles. The number of hydrogen-bond acceptors (Lipinski definition) is 0. The topological polar surface area (TPSA) is 0 Å². The first-order chi connectivity index (χ1) is 6.33. The lowest BCUT2D eigenvalue weighted by Gasteiger charge is -1.94. The number of aryl methyl sites for hydroxylation is 2. The van der Waals surface area contributed by atoms with Gasteiger partial charge < -0.3 is 0 Å². The van der Waals surface area contributed by atoms with Crippen LogP contribution in [0.1, 0.15) is 31.9 Å². The smallest absolute Gasteiger partial charge is 0 e. The Labute approximate surface area is 106 Å². The molecule has 0 nitrogen and oxygen atoms in total. The summed E-state index contributed by atoms with van der Waals surface area (Å²) in [6, 6.07) is 8.66. The molecular weight excluding hydrogens is 386 g/mol. The summed E-state index contributed by atoms with van der Waals surface area (Å²) in [5.74, 6) is 0. The van der Waals surface area contributed by atoms with Crippen LogP contribution in [0.2, 0.25) is 0 Å². The van der Waals surface area contributed by atoms with Crippen molar-refractivity contribution >= 4 is 37.2 Å². The Kier molecular flexibility index (Phi) is 15.7. The summed E-state index contributed by atoms with van der Waals surface area (Å²) >= 11 is 4.24. The fraction of sp³-hybridized carbons (Fsp3) is 0.455. The largest absolute Gasteiger partial charge is 0.0683 e. The molecule has 0 aliphatic rings. The maximum atomic E-state index is 2.18. The first-order valence-electron chi connectivity index (χ1n) is 4.52. The van der Waals surface area contributed by atoms with Crippen LogP contribution < -0.4 is 0 Å². The van der Waals surface area contributed by atoms with Gasteiger partial charge in [-0.2, -0.15) is 0 Å². The lowest BCUT2D eigenvalue weighted by atomic mass is 10.1. The van der Waals surface area contributed by atoms with E-state index in [4.69, 9.17) is 0 Å². The van der Waals surface area contributed by atoms with Crippen molar-refractivity contribution < 1.29 is 0 Å². The summed E-state index contributed by atoms with van der Waals surface area (Å²) in [7, 11) is 0. The monoisotopic (exact) mass is 404 g/mol. The van der Waals surface area contributed by atoms with Crippen LogP contribution in [0.4, 0.5) is 0 Å². The maximum absolute atomic E-state index is 2.18. The van der Waals surface area contributed by atoms with E-state index in [9.17, 15) is 0 Å². The summed E-state index contributed by atoms with van der Waals surface area (Å²) in [5.41, 5.74) is 2.76. The summed E-state index contributed by atoms with van der Waals surface area (Å²) in [6.45, 7) is 8.28. The molecule has 0 aromatic heterocycles. The van der Waals surface area contributed by atoms with Gasteiger partial charge in [-0.25, -0.2) is 0 Å². The molecule has 0 fully saturated rings. The lowest BCUT2D eigenvalue weighted by Crippen LogP contribution is -1.77. The number of halogens is 2. The van der Waals surface area contributed by atoms with Crippen LogP contribution in [0.15, 0.2) is 24.3 Å². The Hall–Kier alpha value is 0.680. The van der Waals surface area contributed by atoms with E-state index in [0.717, 1.165) is 6.42 Å². The lowest BCUT2D eigenvalue weighted by molar-refractivity contribution is 1.14. The Morgan fingerprint density at radius 1 is 1.00 bits per heavy atom. The van der Waals surface area contributed by atoms with Crippen LogP contribution in [-0.4, -0.2) is 0 Å². The summed E-state index contributed by atoms with van der Waals surface area (Å²) < 4.78 is 0. The van der Waals surface area contributed by atoms with E-state index in [-0.39, 0.29) is 0 Å². The Bertz CT molecular complexity index is 180. The van der Waals surface area contributed by atoms with Gasteiger partial charge in [-0.1, -0.05) is 50.6 Å². The second-order valence-electron chi connectivity index (χ2n) is 2.34. The van der Waals surface area contributed by atoms with Crippen LogP contribution >= 0.6 is 37.2 Å². The van der Waals surface area contributed by atoms with E-state index in [2.05, 4.69) is 75.3 Å². The van der Waals surface area contributed by atoms with Gasteiger partial charge >= 0.3 is 0 Å². The van der Waals surface area contributed by atoms with Gasteiger partial charge in [0.1, 0.15) is 0 Å². The van der Waals surface area contributed by atoms with Crippen LogP contribution in [0.25, 0.3) is 0 Å². The SMILES string of the molecule is CC.CCc1ccc(C)cc1.II. The van der Waals surface area contributed by atoms with Crippen molar-refractivity contribution in [1.29, 1.82) is 0 Å². The zero-order valence-electron chi connectivity index (χ0n) is 8.77. The van der Waals surface area contributed by atoms with Crippen LogP contribution in [0.5, 0.6) is 0 Å². The summed E-state index contributed by atoms with van der Waals surface area (Å²) in [6.07, 6.45) is 1.14. The molecule has 1 aromatic carbocycles. The predicted octanol–water partition coefficient (Wildman–Crippen LogP) is 5.36. The molecule has 0 bridgehead atoms. The zero-order chi connectivity index (χ0) is 10.7. The normalized spacial score (nSPS) is 7.54. The van der Waals surface area contributed by atoms with Gasteiger partial charge in [0.05, 0.1) is 0 Å². The van der Waals surface area contributed by atoms with Gasteiger partial charge in [0, 0.05) is 37.2 Å². The van der Waals surface area contributed by atoms with Gasteiger partial charge in [-0.05, 0) is 18.9 Å². The number of hydrogen-bond donors (Lipinski definition) is 0. The van der Waals surface area contributed by atoms with E-state index in [1.165, 1.54) is 11.1 Å². The molecule has 1 rings (SSSR count). The third-order valence-electron chi connectivity index (χ3n) is 1.53. The second kappa shape index (κ2) is 12.7. The van der Waals surface area contributed by atoms with Gasteiger partial charge in [0.25, 0.3) is 0 Å². The molecule has 0 aliphatic carbocycles. The average molecular weight is 404 g/mol. The molecule has 0 heterocycles. The number of rotatable bonds is 1. The fourth-order valence-electron chi connectivity index (χ4n) is 0.824. The van der Waals surface area contributed by atoms with E-state index in [1.807, 2.05) is 13.8 Å². The number of benzene rings is 1. The van der Waals surface area contributed by atoms with Crippen LogP contribution in [0.3, 0.4) is 0 Å². The first kappa shape index (κ1) is 16.1. The van der Waals surface area contributed by atoms with Crippen molar-refractivity contribution in [2.24, 2.45) is 0 Å². The zero-order valence-corrected chi connectivity index (χ0v) is 13.1. The highest BCUT2D eigenvalue weighted by Gasteiger charge is 1.84. The van der Waals surface area contributed by atoms with E-state index >= 15 is 0 Å². The molecule has 2 heteroatoms. The average Bonchev–Trinajstić information content (AvgIpc) is 2.25. The molecule has 0 N–H and O–H groups in total. The molecule has 76 valence electrons. The van der Waals surface area contributed by atoms with Crippen LogP contribution in [0, 0.1) is 6.92 Å². The maximum Gasteiger partial charge on any atom is 0 e. The highest BCUT2D eigenvalue weighted by atomic mass is 128. The van der Waals surface area contributed by atoms with Gasteiger partial charge in [-0.3, -0.25) is 0 Å². The Morgan fingerprint density at radius 2 is 1.38 bits per heavy atom. The van der Waals surface area contributed by atoms with Crippen molar-refractivity contribution in [1.82, 2.24) is 0 Å². The van der Waals surface area contributed by atoms with Crippen molar-refractivity contribution in [3.8, 4) is 0 Å². The fourth-order valence-corrected chi connectivity index (χ4v) is 0.824. The van der Waals surface area contributed by atoms with E-state index in [1.54, 1.807) is 0 Å². The van der Waals surface area contributed by atoms with E-state index < -0.39 is 0 Å². The molecular formula is C11H18I2. The van der Waals surface area contributed by atoms with Gasteiger partial charge in [0.15, 0.2) is 0 Å². The van der Waals surface area contributed by atoms with Gasteiger partial charge in [-0.15, -0.1) is 0 Å². The summed E-state index contributed by atoms with van der Waals surface area (Å²) in [5, 5.41) is 0. The standard InChI is InChI=1S/C9H12.C2H6.I2/c1-3-9-6-4-8(2)5-7-9;2*1-2/h4-7H,3H2,1-2H3;1-2H3;. The molecule has 0 radical (unpaired) electrons. The minimum atomic E-state index is 1.14. The predicted molar refractivity (Wildman–Crippen MR) is 79.9 cm³/mol. The van der Waals surface area contributed by atoms with Crippen LogP contribution in [-0.2, 0) is 6.42 Å². The first-order valence-corrected chi connectivity index (χ1v) is 10.8. The molecule has 13 heavy (non-hydrogen) atoms. The molecule has 1 aromatic rings. The molecule has 0 saturated carbocycles. The Balaban J connectivity index is 0. The Morgan fingerprint density at radius 3 is 1.69 bits per heavy atom. The third-order valence-corrected chi connectivity index (χ3v) is 1.53. The second-order valence-corrected chi connectivity index (χ2v) is 2.34. The minimum Gasteiger partial charge on any atom is -0.0683 e. The molecule has 0 spiro atoms. The van der Waals surface area contributed by atoms with Crippen molar-refractivity contribution in [2.75, 3.05) is 0 Å². The molecule has 0 atom stereocenters.